The average Bonchev–Trinajstić information content (AvgIpc) is 2.78. The van der Waals surface area contributed by atoms with Gasteiger partial charge in [-0.05, 0) is 73.5 Å². The monoisotopic (exact) mass is 441 g/mol. The summed E-state index contributed by atoms with van der Waals surface area (Å²) in [5.41, 5.74) is 7.82. The molecule has 3 N–H and O–H groups in total. The Morgan fingerprint density at radius 3 is 1.72 bits per heavy atom. The Hall–Kier alpha value is -2.04. The molecule has 0 spiro atoms. The van der Waals surface area contributed by atoms with Gasteiger partial charge in [0.2, 0.25) is 0 Å². The van der Waals surface area contributed by atoms with Crippen molar-refractivity contribution in [3.05, 3.63) is 59.7 Å². The van der Waals surface area contributed by atoms with Crippen molar-refractivity contribution in [3.63, 3.8) is 0 Å². The normalized spacial score (nSPS) is 13.7. The largest absolute Gasteiger partial charge is 0.491 e. The molecule has 0 heterocycles. The number of aliphatic hydroxyl groups excluding tert-OH is 1. The minimum Gasteiger partial charge on any atom is -0.491 e. The summed E-state index contributed by atoms with van der Waals surface area (Å²) in [6.45, 7) is 15.8. The summed E-state index contributed by atoms with van der Waals surface area (Å²) in [4.78, 5) is 0. The van der Waals surface area contributed by atoms with Gasteiger partial charge in [0, 0.05) is 5.41 Å². The summed E-state index contributed by atoms with van der Waals surface area (Å²) in [6, 6.07) is 16.6. The van der Waals surface area contributed by atoms with E-state index in [1.165, 1.54) is 11.1 Å². The Balaban J connectivity index is 2.03. The van der Waals surface area contributed by atoms with Crippen molar-refractivity contribution in [1.82, 2.24) is 0 Å². The van der Waals surface area contributed by atoms with Crippen LogP contribution in [0.25, 0.3) is 0 Å². The molecule has 0 aliphatic carbocycles. The highest BCUT2D eigenvalue weighted by molar-refractivity contribution is 5.42. The van der Waals surface area contributed by atoms with Crippen LogP contribution in [-0.4, -0.2) is 30.0 Å². The summed E-state index contributed by atoms with van der Waals surface area (Å²) in [5.74, 6) is 1.67. The van der Waals surface area contributed by atoms with Gasteiger partial charge in [-0.2, -0.15) is 0 Å². The molecule has 178 valence electrons. The van der Waals surface area contributed by atoms with Gasteiger partial charge in [-0.3, -0.25) is 0 Å². The molecule has 0 saturated heterocycles. The summed E-state index contributed by atoms with van der Waals surface area (Å²) in [7, 11) is 0. The first-order chi connectivity index (χ1) is 14.9. The van der Waals surface area contributed by atoms with Crippen molar-refractivity contribution in [3.8, 4) is 11.5 Å². The zero-order valence-electron chi connectivity index (χ0n) is 21.1. The van der Waals surface area contributed by atoms with Crippen LogP contribution < -0.4 is 15.2 Å². The molecule has 0 fully saturated rings. The molecule has 0 aliphatic heterocycles. The predicted molar refractivity (Wildman–Crippen MR) is 134 cm³/mol. The molecule has 0 amide bonds. The molecule has 32 heavy (non-hydrogen) atoms. The highest BCUT2D eigenvalue weighted by Gasteiger charge is 2.25. The molecule has 0 aromatic heterocycles. The third-order valence-corrected chi connectivity index (χ3v) is 6.80. The van der Waals surface area contributed by atoms with E-state index >= 15 is 0 Å². The minimum absolute atomic E-state index is 0.0943. The van der Waals surface area contributed by atoms with Crippen LogP contribution in [0.1, 0.15) is 78.9 Å². The van der Waals surface area contributed by atoms with E-state index in [0.29, 0.717) is 13.0 Å². The van der Waals surface area contributed by atoms with E-state index in [4.69, 9.17) is 15.2 Å². The standard InChI is InChI=1S/C28H43NO3/c1-8-28(7,9-2)32-25-16-12-22(13-17-25)27(5,6)21-10-14-24(15-11-21)31-19-23(30)18-26(3,4)20-29/h10-17,23,30H,8-9,18-20,29H2,1-7H3. The molecule has 4 heteroatoms. The topological polar surface area (TPSA) is 64.7 Å². The van der Waals surface area contributed by atoms with Crippen molar-refractivity contribution < 1.29 is 14.6 Å². The van der Waals surface area contributed by atoms with Crippen LogP contribution >= 0.6 is 0 Å². The first kappa shape index (κ1) is 26.2. The number of hydrogen-bond acceptors (Lipinski definition) is 4. The number of benzene rings is 2. The summed E-state index contributed by atoms with van der Waals surface area (Å²) < 4.78 is 12.0. The fourth-order valence-electron chi connectivity index (χ4n) is 3.73. The van der Waals surface area contributed by atoms with Crippen LogP contribution in [0.5, 0.6) is 11.5 Å². The van der Waals surface area contributed by atoms with Crippen LogP contribution in [0, 0.1) is 5.41 Å². The summed E-state index contributed by atoms with van der Waals surface area (Å²) in [5, 5.41) is 10.2. The van der Waals surface area contributed by atoms with Crippen LogP contribution in [0.2, 0.25) is 0 Å². The van der Waals surface area contributed by atoms with Gasteiger partial charge in [0.1, 0.15) is 23.7 Å². The van der Waals surface area contributed by atoms with Gasteiger partial charge in [0.05, 0.1) is 6.10 Å². The Morgan fingerprint density at radius 2 is 1.28 bits per heavy atom. The van der Waals surface area contributed by atoms with Gasteiger partial charge in [-0.25, -0.2) is 0 Å². The van der Waals surface area contributed by atoms with E-state index in [0.717, 1.165) is 24.3 Å². The SMILES string of the molecule is CCC(C)(CC)Oc1ccc(C(C)(C)c2ccc(OCC(O)CC(C)(C)CN)cc2)cc1. The molecule has 1 unspecified atom stereocenters. The lowest BCUT2D eigenvalue weighted by molar-refractivity contribution is 0.0684. The van der Waals surface area contributed by atoms with Crippen LogP contribution in [0.4, 0.5) is 0 Å². The molecular weight excluding hydrogens is 398 g/mol. The molecule has 2 rings (SSSR count). The third kappa shape index (κ3) is 6.98. The highest BCUT2D eigenvalue weighted by Crippen LogP contribution is 2.34. The van der Waals surface area contributed by atoms with Gasteiger partial charge in [0.15, 0.2) is 0 Å². The first-order valence-corrected chi connectivity index (χ1v) is 11.9. The molecule has 0 aliphatic rings. The quantitative estimate of drug-likeness (QED) is 0.419. The molecule has 2 aromatic carbocycles. The van der Waals surface area contributed by atoms with Crippen molar-refractivity contribution in [2.24, 2.45) is 11.1 Å². The lowest BCUT2D eigenvalue weighted by atomic mass is 9.78. The van der Waals surface area contributed by atoms with Gasteiger partial charge in [0.25, 0.3) is 0 Å². The van der Waals surface area contributed by atoms with E-state index in [1.54, 1.807) is 0 Å². The maximum atomic E-state index is 10.2. The molecular formula is C28H43NO3. The van der Waals surface area contributed by atoms with Crippen LogP contribution in [0.3, 0.4) is 0 Å². The molecule has 0 bridgehead atoms. The van der Waals surface area contributed by atoms with Crippen molar-refractivity contribution >= 4 is 0 Å². The second-order valence-electron chi connectivity index (χ2n) is 10.5. The molecule has 1 atom stereocenters. The van der Waals surface area contributed by atoms with E-state index in [2.05, 4.69) is 84.9 Å². The summed E-state index contributed by atoms with van der Waals surface area (Å²) >= 11 is 0. The lowest BCUT2D eigenvalue weighted by Crippen LogP contribution is -2.31. The van der Waals surface area contributed by atoms with Crippen LogP contribution in [0.15, 0.2) is 48.5 Å². The van der Waals surface area contributed by atoms with Crippen LogP contribution in [-0.2, 0) is 5.41 Å². The maximum absolute atomic E-state index is 10.2. The third-order valence-electron chi connectivity index (χ3n) is 6.80. The van der Waals surface area contributed by atoms with Gasteiger partial charge >= 0.3 is 0 Å². The predicted octanol–water partition coefficient (Wildman–Crippen LogP) is 6.08. The van der Waals surface area contributed by atoms with Gasteiger partial charge in [-0.1, -0.05) is 65.8 Å². The zero-order valence-corrected chi connectivity index (χ0v) is 21.1. The number of nitrogens with two attached hydrogens (primary N) is 1. The maximum Gasteiger partial charge on any atom is 0.120 e. The Labute approximate surface area is 195 Å². The van der Waals surface area contributed by atoms with Crippen molar-refractivity contribution in [2.75, 3.05) is 13.2 Å². The van der Waals surface area contributed by atoms with E-state index < -0.39 is 6.10 Å². The zero-order chi connectivity index (χ0) is 24.0. The minimum atomic E-state index is -0.535. The van der Waals surface area contributed by atoms with E-state index in [-0.39, 0.29) is 23.0 Å². The van der Waals surface area contributed by atoms with Gasteiger partial charge in [-0.15, -0.1) is 0 Å². The Bertz CT molecular complexity index is 821. The fraction of sp³-hybridized carbons (Fsp3) is 0.571. The highest BCUT2D eigenvalue weighted by atomic mass is 16.5. The van der Waals surface area contributed by atoms with Crippen molar-refractivity contribution in [1.29, 1.82) is 0 Å². The summed E-state index contributed by atoms with van der Waals surface area (Å²) in [6.07, 6.45) is 2.04. The van der Waals surface area contributed by atoms with Gasteiger partial charge < -0.3 is 20.3 Å². The van der Waals surface area contributed by atoms with Crippen molar-refractivity contribution in [2.45, 2.75) is 84.8 Å². The Kier molecular flexibility index (Phi) is 8.78. The Morgan fingerprint density at radius 1 is 0.812 bits per heavy atom. The number of ether oxygens (including phenoxy) is 2. The second-order valence-corrected chi connectivity index (χ2v) is 10.5. The number of rotatable bonds is 12. The molecule has 0 radical (unpaired) electrons. The molecule has 4 nitrogen and oxygen atoms in total. The molecule has 0 saturated carbocycles. The van der Waals surface area contributed by atoms with E-state index in [1.807, 2.05) is 12.1 Å². The fourth-order valence-corrected chi connectivity index (χ4v) is 3.73. The molecule has 2 aromatic rings. The smallest absolute Gasteiger partial charge is 0.120 e. The lowest BCUT2D eigenvalue weighted by Gasteiger charge is -2.30. The average molecular weight is 442 g/mol. The number of aliphatic hydroxyl groups is 1. The number of hydrogen-bond donors (Lipinski definition) is 2. The first-order valence-electron chi connectivity index (χ1n) is 11.9. The van der Waals surface area contributed by atoms with E-state index in [9.17, 15) is 5.11 Å². The second kappa shape index (κ2) is 10.7.